The number of benzene rings is 1. The molecule has 0 spiro atoms. The lowest BCUT2D eigenvalue weighted by Crippen LogP contribution is -2.36. The van der Waals surface area contributed by atoms with Crippen LogP contribution in [0, 0.1) is 6.92 Å². The lowest BCUT2D eigenvalue weighted by atomic mass is 10.1. The van der Waals surface area contributed by atoms with Gasteiger partial charge < -0.3 is 16.8 Å². The molecule has 0 aliphatic heterocycles. The predicted molar refractivity (Wildman–Crippen MR) is 79.3 cm³/mol. The summed E-state index contributed by atoms with van der Waals surface area (Å²) in [6, 6.07) is 4.47. The third-order valence-corrected chi connectivity index (χ3v) is 3.47. The number of carbonyl (C=O) groups excluding carboxylic acids is 2. The number of hydrogen-bond donors (Lipinski definition) is 3. The van der Waals surface area contributed by atoms with Gasteiger partial charge >= 0.3 is 0 Å². The van der Waals surface area contributed by atoms with E-state index in [-0.39, 0.29) is 5.91 Å². The molecular weight excluding hydrogens is 262 g/mol. The van der Waals surface area contributed by atoms with Gasteiger partial charge in [-0.15, -0.1) is 0 Å². The third-order valence-electron chi connectivity index (χ3n) is 2.83. The Morgan fingerprint density at radius 1 is 1.42 bits per heavy atom. The summed E-state index contributed by atoms with van der Waals surface area (Å²) in [4.78, 5) is 23.1. The Morgan fingerprint density at radius 3 is 2.68 bits per heavy atom. The van der Waals surface area contributed by atoms with Gasteiger partial charge in [0.1, 0.15) is 0 Å². The first-order chi connectivity index (χ1) is 8.97. The maximum absolute atomic E-state index is 11.9. The monoisotopic (exact) mass is 281 g/mol. The summed E-state index contributed by atoms with van der Waals surface area (Å²) >= 11 is 1.64. The van der Waals surface area contributed by atoms with Crippen LogP contribution in [-0.2, 0) is 4.79 Å². The molecular formula is C13H19N3O2S. The SMILES string of the molecule is CSCC[C@H](N)C(=O)Nc1cccc(C(N)=O)c1C. The van der Waals surface area contributed by atoms with Gasteiger partial charge in [0.05, 0.1) is 6.04 Å². The minimum Gasteiger partial charge on any atom is -0.366 e. The van der Waals surface area contributed by atoms with Gasteiger partial charge in [0.2, 0.25) is 11.8 Å². The fourth-order valence-corrected chi connectivity index (χ4v) is 2.13. The van der Waals surface area contributed by atoms with Crippen LogP contribution < -0.4 is 16.8 Å². The van der Waals surface area contributed by atoms with Crippen molar-refractivity contribution in [3.63, 3.8) is 0 Å². The molecule has 0 aliphatic carbocycles. The number of nitrogens with one attached hydrogen (secondary N) is 1. The van der Waals surface area contributed by atoms with E-state index in [0.717, 1.165) is 5.75 Å². The topological polar surface area (TPSA) is 98.2 Å². The van der Waals surface area contributed by atoms with E-state index in [1.807, 2.05) is 6.26 Å². The van der Waals surface area contributed by atoms with E-state index in [4.69, 9.17) is 11.5 Å². The van der Waals surface area contributed by atoms with Crippen molar-refractivity contribution in [1.29, 1.82) is 0 Å². The molecule has 0 fully saturated rings. The average Bonchev–Trinajstić information content (AvgIpc) is 2.37. The molecule has 5 N–H and O–H groups in total. The molecule has 6 heteroatoms. The minimum atomic E-state index is -0.552. The summed E-state index contributed by atoms with van der Waals surface area (Å²) in [5, 5.41) is 2.73. The number of amides is 2. The van der Waals surface area contributed by atoms with E-state index < -0.39 is 11.9 Å². The molecule has 1 aromatic rings. The fourth-order valence-electron chi connectivity index (χ4n) is 1.64. The number of carbonyl (C=O) groups is 2. The van der Waals surface area contributed by atoms with Crippen LogP contribution in [0.25, 0.3) is 0 Å². The van der Waals surface area contributed by atoms with Gasteiger partial charge in [-0.1, -0.05) is 6.07 Å². The summed E-state index contributed by atoms with van der Waals surface area (Å²) in [6.07, 6.45) is 2.58. The molecule has 0 aromatic heterocycles. The highest BCUT2D eigenvalue weighted by Crippen LogP contribution is 2.18. The normalized spacial score (nSPS) is 11.9. The van der Waals surface area contributed by atoms with Crippen LogP contribution in [0.4, 0.5) is 5.69 Å². The Kier molecular flexibility index (Phi) is 5.85. The molecule has 0 saturated heterocycles. The Labute approximate surface area is 117 Å². The van der Waals surface area contributed by atoms with Crippen LogP contribution in [0.15, 0.2) is 18.2 Å². The number of primary amides is 1. The van der Waals surface area contributed by atoms with Crippen molar-refractivity contribution < 1.29 is 9.59 Å². The van der Waals surface area contributed by atoms with E-state index in [2.05, 4.69) is 5.32 Å². The fraction of sp³-hybridized carbons (Fsp3) is 0.385. The van der Waals surface area contributed by atoms with Crippen molar-refractivity contribution in [2.45, 2.75) is 19.4 Å². The zero-order valence-electron chi connectivity index (χ0n) is 11.1. The Morgan fingerprint density at radius 2 is 2.11 bits per heavy atom. The van der Waals surface area contributed by atoms with E-state index in [1.54, 1.807) is 36.9 Å². The number of hydrogen-bond acceptors (Lipinski definition) is 4. The molecule has 1 aromatic carbocycles. The quantitative estimate of drug-likeness (QED) is 0.727. The first-order valence-electron chi connectivity index (χ1n) is 5.92. The van der Waals surface area contributed by atoms with Crippen molar-refractivity contribution in [3.05, 3.63) is 29.3 Å². The van der Waals surface area contributed by atoms with Crippen molar-refractivity contribution in [3.8, 4) is 0 Å². The standard InChI is InChI=1S/C13H19N3O2S/c1-8-9(12(15)17)4-3-5-11(8)16-13(18)10(14)6-7-19-2/h3-5,10H,6-7,14H2,1-2H3,(H2,15,17)(H,16,18)/t10-/m0/s1. The van der Waals surface area contributed by atoms with Gasteiger partial charge in [-0.3, -0.25) is 9.59 Å². The summed E-state index contributed by atoms with van der Waals surface area (Å²) in [7, 11) is 0. The zero-order valence-corrected chi connectivity index (χ0v) is 11.9. The maximum atomic E-state index is 11.9. The van der Waals surface area contributed by atoms with E-state index >= 15 is 0 Å². The molecule has 5 nitrogen and oxygen atoms in total. The van der Waals surface area contributed by atoms with Crippen LogP contribution in [0.2, 0.25) is 0 Å². The maximum Gasteiger partial charge on any atom is 0.249 e. The van der Waals surface area contributed by atoms with Crippen LogP contribution in [-0.4, -0.2) is 29.9 Å². The van der Waals surface area contributed by atoms with Crippen LogP contribution in [0.3, 0.4) is 0 Å². The van der Waals surface area contributed by atoms with Gasteiger partial charge in [0.15, 0.2) is 0 Å². The van der Waals surface area contributed by atoms with Crippen LogP contribution in [0.5, 0.6) is 0 Å². The molecule has 0 saturated carbocycles. The first kappa shape index (κ1) is 15.5. The summed E-state index contributed by atoms with van der Waals surface area (Å²) in [5.74, 6) is 0.0635. The zero-order chi connectivity index (χ0) is 14.4. The number of rotatable bonds is 6. The molecule has 0 unspecified atom stereocenters. The average molecular weight is 281 g/mol. The highest BCUT2D eigenvalue weighted by molar-refractivity contribution is 7.98. The van der Waals surface area contributed by atoms with Crippen LogP contribution >= 0.6 is 11.8 Å². The second-order valence-electron chi connectivity index (χ2n) is 4.22. The molecule has 0 heterocycles. The second-order valence-corrected chi connectivity index (χ2v) is 5.21. The lowest BCUT2D eigenvalue weighted by Gasteiger charge is -2.14. The third kappa shape index (κ3) is 4.25. The molecule has 0 aliphatic rings. The number of thioether (sulfide) groups is 1. The largest absolute Gasteiger partial charge is 0.366 e. The van der Waals surface area contributed by atoms with Crippen molar-refractivity contribution in [2.24, 2.45) is 11.5 Å². The lowest BCUT2D eigenvalue weighted by molar-refractivity contribution is -0.117. The molecule has 2 amide bonds. The Hall–Kier alpha value is -1.53. The molecule has 1 rings (SSSR count). The predicted octanol–water partition coefficient (Wildman–Crippen LogP) is 1.11. The molecule has 0 bridgehead atoms. The van der Waals surface area contributed by atoms with E-state index in [9.17, 15) is 9.59 Å². The second kappa shape index (κ2) is 7.16. The van der Waals surface area contributed by atoms with Gasteiger partial charge in [-0.2, -0.15) is 11.8 Å². The van der Waals surface area contributed by atoms with Crippen molar-refractivity contribution in [1.82, 2.24) is 0 Å². The van der Waals surface area contributed by atoms with Crippen molar-refractivity contribution in [2.75, 3.05) is 17.3 Å². The Bertz CT molecular complexity index is 477. The van der Waals surface area contributed by atoms with Crippen LogP contribution in [0.1, 0.15) is 22.3 Å². The van der Waals surface area contributed by atoms with Crippen molar-refractivity contribution >= 4 is 29.3 Å². The highest BCUT2D eigenvalue weighted by Gasteiger charge is 2.15. The summed E-state index contributed by atoms with van der Waals surface area (Å²) in [5.41, 5.74) is 12.7. The summed E-state index contributed by atoms with van der Waals surface area (Å²) in [6.45, 7) is 1.74. The smallest absolute Gasteiger partial charge is 0.249 e. The molecule has 0 radical (unpaired) electrons. The highest BCUT2D eigenvalue weighted by atomic mass is 32.2. The van der Waals surface area contributed by atoms with E-state index in [1.165, 1.54) is 0 Å². The van der Waals surface area contributed by atoms with E-state index in [0.29, 0.717) is 23.2 Å². The molecule has 19 heavy (non-hydrogen) atoms. The van der Waals surface area contributed by atoms with Gasteiger partial charge in [-0.05, 0) is 43.0 Å². The number of anilines is 1. The van der Waals surface area contributed by atoms with Gasteiger partial charge in [-0.25, -0.2) is 0 Å². The van der Waals surface area contributed by atoms with Gasteiger partial charge in [0.25, 0.3) is 0 Å². The number of nitrogens with two attached hydrogens (primary N) is 2. The van der Waals surface area contributed by atoms with Gasteiger partial charge in [0, 0.05) is 11.3 Å². The Balaban J connectivity index is 2.80. The molecule has 104 valence electrons. The minimum absolute atomic E-state index is 0.251. The molecule has 1 atom stereocenters. The first-order valence-corrected chi connectivity index (χ1v) is 7.31. The summed E-state index contributed by atoms with van der Waals surface area (Å²) < 4.78 is 0.